The van der Waals surface area contributed by atoms with E-state index in [1.54, 1.807) is 0 Å². The van der Waals surface area contributed by atoms with Crippen molar-refractivity contribution in [2.75, 3.05) is 0 Å². The zero-order valence-corrected chi connectivity index (χ0v) is 16.7. The molecule has 0 saturated heterocycles. The quantitative estimate of drug-likeness (QED) is 0.378. The molecule has 2 aromatic carbocycles. The maximum atomic E-state index is 12.9. The van der Waals surface area contributed by atoms with Crippen molar-refractivity contribution in [2.24, 2.45) is 5.10 Å². The molecule has 0 saturated carbocycles. The summed E-state index contributed by atoms with van der Waals surface area (Å²) in [6, 6.07) is 9.83. The van der Waals surface area contributed by atoms with E-state index < -0.39 is 23.6 Å². The number of aromatic hydroxyl groups is 1. The molecule has 0 aliphatic rings. The lowest BCUT2D eigenvalue weighted by Gasteiger charge is -2.08. The van der Waals surface area contributed by atoms with Crippen LogP contribution >= 0.6 is 11.3 Å². The van der Waals surface area contributed by atoms with Gasteiger partial charge in [-0.15, -0.1) is 11.3 Å². The number of alkyl halides is 3. The smallest absolute Gasteiger partial charge is 0.416 e. The molecule has 10 heteroatoms. The molecule has 0 aliphatic heterocycles. The van der Waals surface area contributed by atoms with E-state index in [0.29, 0.717) is 0 Å². The number of hydrazone groups is 1. The van der Waals surface area contributed by atoms with E-state index in [1.165, 1.54) is 48.7 Å². The number of hydrogen-bond donors (Lipinski definition) is 3. The number of nitrogens with zero attached hydrogens (tertiary/aromatic N) is 1. The zero-order chi connectivity index (χ0) is 22.8. The van der Waals surface area contributed by atoms with Crippen molar-refractivity contribution in [3.05, 3.63) is 76.2 Å². The van der Waals surface area contributed by atoms with Crippen molar-refractivity contribution in [3.8, 4) is 16.2 Å². The summed E-state index contributed by atoms with van der Waals surface area (Å²) in [6.45, 7) is 1.52. The summed E-state index contributed by atoms with van der Waals surface area (Å²) in [7, 11) is 0. The highest BCUT2D eigenvalue weighted by Crippen LogP contribution is 2.40. The van der Waals surface area contributed by atoms with Gasteiger partial charge in [-0.2, -0.15) is 18.3 Å². The standard InChI is InChI=1S/C21H15F3N2O4S/c1-11(25-26-19(28)12-5-7-13(8-6-12)20(29)30)16-10-31-18(17(16)27)14-3-2-4-15(9-14)21(22,23)24/h2-10,27H,1H3,(H,26,28)(H,29,30)/b25-11+. The first kappa shape index (κ1) is 22.0. The summed E-state index contributed by atoms with van der Waals surface area (Å²) in [5.41, 5.74) is 2.39. The van der Waals surface area contributed by atoms with Gasteiger partial charge in [-0.25, -0.2) is 10.2 Å². The van der Waals surface area contributed by atoms with Crippen LogP contribution in [0.4, 0.5) is 13.2 Å². The van der Waals surface area contributed by atoms with Crippen LogP contribution in [0.1, 0.15) is 38.8 Å². The number of carboxylic acids is 1. The third-order valence-electron chi connectivity index (χ3n) is 4.33. The van der Waals surface area contributed by atoms with Gasteiger partial charge >= 0.3 is 12.1 Å². The lowest BCUT2D eigenvalue weighted by atomic mass is 10.1. The fourth-order valence-corrected chi connectivity index (χ4v) is 3.68. The van der Waals surface area contributed by atoms with Gasteiger partial charge in [-0.05, 0) is 48.9 Å². The second-order valence-corrected chi connectivity index (χ2v) is 7.31. The lowest BCUT2D eigenvalue weighted by Crippen LogP contribution is -2.19. The first-order chi connectivity index (χ1) is 14.6. The molecule has 160 valence electrons. The number of amides is 1. The van der Waals surface area contributed by atoms with Gasteiger partial charge in [0.1, 0.15) is 5.75 Å². The highest BCUT2D eigenvalue weighted by Gasteiger charge is 2.31. The predicted molar refractivity (Wildman–Crippen MR) is 110 cm³/mol. The van der Waals surface area contributed by atoms with Crippen LogP contribution in [0.3, 0.4) is 0 Å². The van der Waals surface area contributed by atoms with Crippen LogP contribution in [0.15, 0.2) is 59.0 Å². The molecule has 0 unspecified atom stereocenters. The van der Waals surface area contributed by atoms with Crippen molar-refractivity contribution >= 4 is 28.9 Å². The average Bonchev–Trinajstić information content (AvgIpc) is 3.12. The summed E-state index contributed by atoms with van der Waals surface area (Å²) >= 11 is 1.05. The molecule has 0 fully saturated rings. The second kappa shape index (κ2) is 8.60. The van der Waals surface area contributed by atoms with Gasteiger partial charge < -0.3 is 10.2 Å². The Labute approximate surface area is 178 Å². The molecule has 1 heterocycles. The Morgan fingerprint density at radius 1 is 1.06 bits per heavy atom. The molecule has 3 aromatic rings. The molecule has 3 N–H and O–H groups in total. The highest BCUT2D eigenvalue weighted by atomic mass is 32.1. The van der Waals surface area contributed by atoms with E-state index in [9.17, 15) is 27.9 Å². The van der Waals surface area contributed by atoms with E-state index in [-0.39, 0.29) is 38.6 Å². The molecule has 0 bridgehead atoms. The normalized spacial score (nSPS) is 11.9. The van der Waals surface area contributed by atoms with Crippen LogP contribution < -0.4 is 5.43 Å². The monoisotopic (exact) mass is 448 g/mol. The molecule has 1 aromatic heterocycles. The van der Waals surface area contributed by atoms with Crippen molar-refractivity contribution < 1.29 is 33.0 Å². The minimum absolute atomic E-state index is 0.0292. The van der Waals surface area contributed by atoms with E-state index >= 15 is 0 Å². The minimum Gasteiger partial charge on any atom is -0.506 e. The number of benzene rings is 2. The van der Waals surface area contributed by atoms with Crippen LogP contribution in [-0.2, 0) is 6.18 Å². The van der Waals surface area contributed by atoms with E-state index in [2.05, 4.69) is 10.5 Å². The number of aromatic carboxylic acids is 1. The number of nitrogens with one attached hydrogen (secondary N) is 1. The van der Waals surface area contributed by atoms with E-state index in [4.69, 9.17) is 5.11 Å². The summed E-state index contributed by atoms with van der Waals surface area (Å²) < 4.78 is 38.8. The molecule has 6 nitrogen and oxygen atoms in total. The fourth-order valence-electron chi connectivity index (χ4n) is 2.67. The van der Waals surface area contributed by atoms with E-state index in [1.807, 2.05) is 0 Å². The van der Waals surface area contributed by atoms with E-state index in [0.717, 1.165) is 23.5 Å². The van der Waals surface area contributed by atoms with Gasteiger partial charge in [0.15, 0.2) is 0 Å². The Morgan fingerprint density at radius 3 is 2.32 bits per heavy atom. The second-order valence-electron chi connectivity index (χ2n) is 6.43. The van der Waals surface area contributed by atoms with Crippen LogP contribution in [0.2, 0.25) is 0 Å². The van der Waals surface area contributed by atoms with Crippen molar-refractivity contribution in [1.29, 1.82) is 0 Å². The van der Waals surface area contributed by atoms with Crippen molar-refractivity contribution in [3.63, 3.8) is 0 Å². The van der Waals surface area contributed by atoms with Crippen LogP contribution in [0, 0.1) is 0 Å². The number of thiophene rings is 1. The molecule has 0 spiro atoms. The van der Waals surface area contributed by atoms with Crippen molar-refractivity contribution in [2.45, 2.75) is 13.1 Å². The number of carboxylic acid groups (broad SMARTS) is 1. The van der Waals surface area contributed by atoms with Crippen LogP contribution in [0.25, 0.3) is 10.4 Å². The Bertz CT molecular complexity index is 1170. The molecular formula is C21H15F3N2O4S. The molecule has 3 rings (SSSR count). The summed E-state index contributed by atoms with van der Waals surface area (Å²) in [5, 5.41) is 24.8. The molecular weight excluding hydrogens is 433 g/mol. The topological polar surface area (TPSA) is 99.0 Å². The SMILES string of the molecule is C/C(=N\NC(=O)c1ccc(C(=O)O)cc1)c1csc(-c2cccc(C(F)(F)F)c2)c1O. The third kappa shape index (κ3) is 4.92. The molecule has 0 aliphatic carbocycles. The summed E-state index contributed by atoms with van der Waals surface area (Å²) in [5.74, 6) is -1.96. The Morgan fingerprint density at radius 2 is 1.71 bits per heavy atom. The molecule has 0 radical (unpaired) electrons. The molecule has 0 atom stereocenters. The number of rotatable bonds is 5. The first-order valence-corrected chi connectivity index (χ1v) is 9.62. The maximum Gasteiger partial charge on any atom is 0.416 e. The van der Waals surface area contributed by atoms with Gasteiger partial charge in [-0.1, -0.05) is 12.1 Å². The molecule has 1 amide bonds. The number of carbonyl (C=O) groups is 2. The average molecular weight is 448 g/mol. The molecule has 31 heavy (non-hydrogen) atoms. The number of hydrogen-bond acceptors (Lipinski definition) is 5. The number of carbonyl (C=O) groups excluding carboxylic acids is 1. The Balaban J connectivity index is 1.79. The van der Waals surface area contributed by atoms with Crippen LogP contribution in [-0.4, -0.2) is 27.8 Å². The largest absolute Gasteiger partial charge is 0.506 e. The van der Waals surface area contributed by atoms with Crippen LogP contribution in [0.5, 0.6) is 5.75 Å². The van der Waals surface area contributed by atoms with Gasteiger partial charge in [0.25, 0.3) is 5.91 Å². The third-order valence-corrected chi connectivity index (χ3v) is 5.34. The first-order valence-electron chi connectivity index (χ1n) is 8.74. The minimum atomic E-state index is -4.50. The predicted octanol–water partition coefficient (Wildman–Crippen LogP) is 4.99. The Kier molecular flexibility index (Phi) is 6.11. The van der Waals surface area contributed by atoms with Gasteiger partial charge in [-0.3, -0.25) is 4.79 Å². The zero-order valence-electron chi connectivity index (χ0n) is 15.9. The van der Waals surface area contributed by atoms with Gasteiger partial charge in [0, 0.05) is 10.9 Å². The van der Waals surface area contributed by atoms with Gasteiger partial charge in [0.05, 0.1) is 27.3 Å². The lowest BCUT2D eigenvalue weighted by molar-refractivity contribution is -0.137. The van der Waals surface area contributed by atoms with Crippen molar-refractivity contribution in [1.82, 2.24) is 5.43 Å². The highest BCUT2D eigenvalue weighted by molar-refractivity contribution is 7.14. The maximum absolute atomic E-state index is 12.9. The van der Waals surface area contributed by atoms with Gasteiger partial charge in [0.2, 0.25) is 0 Å². The fraction of sp³-hybridized carbons (Fsp3) is 0.0952. The number of halogens is 3. The summed E-state index contributed by atoms with van der Waals surface area (Å²) in [6.07, 6.45) is -4.50. The Hall–Kier alpha value is -3.66. The summed E-state index contributed by atoms with van der Waals surface area (Å²) in [4.78, 5) is 23.3.